The van der Waals surface area contributed by atoms with Crippen LogP contribution in [0.5, 0.6) is 0 Å². The van der Waals surface area contributed by atoms with Gasteiger partial charge in [0.25, 0.3) is 0 Å². The highest BCUT2D eigenvalue weighted by Gasteiger charge is 1.92. The van der Waals surface area contributed by atoms with Crippen LogP contribution in [0, 0.1) is 5.82 Å². The summed E-state index contributed by atoms with van der Waals surface area (Å²) in [6.07, 6.45) is 0. The summed E-state index contributed by atoms with van der Waals surface area (Å²) in [6, 6.07) is 5.94. The molecule has 0 aliphatic carbocycles. The third kappa shape index (κ3) is 2.37. The summed E-state index contributed by atoms with van der Waals surface area (Å²) < 4.78 is 12.3. The van der Waals surface area contributed by atoms with Crippen LogP contribution in [0.3, 0.4) is 0 Å². The molecule has 0 aliphatic rings. The van der Waals surface area contributed by atoms with E-state index < -0.39 is 0 Å². The van der Waals surface area contributed by atoms with Gasteiger partial charge < -0.3 is 4.84 Å². The Morgan fingerprint density at radius 2 is 2.00 bits per heavy atom. The molecule has 0 saturated heterocycles. The SMILES string of the molecule is [CH]=NOCc1ccc(F)cc1. The van der Waals surface area contributed by atoms with Gasteiger partial charge in [-0.05, 0) is 17.7 Å². The molecule has 0 aromatic heterocycles. The molecule has 11 heavy (non-hydrogen) atoms. The van der Waals surface area contributed by atoms with Crippen molar-refractivity contribution < 1.29 is 9.23 Å². The van der Waals surface area contributed by atoms with Crippen molar-refractivity contribution in [3.63, 3.8) is 0 Å². The smallest absolute Gasteiger partial charge is 0.142 e. The average Bonchev–Trinajstić information content (AvgIpc) is 2.04. The maximum Gasteiger partial charge on any atom is 0.142 e. The summed E-state index contributed by atoms with van der Waals surface area (Å²) in [7, 11) is 0. The molecule has 3 heteroatoms. The Labute approximate surface area is 64.3 Å². The van der Waals surface area contributed by atoms with Crippen LogP contribution < -0.4 is 0 Å². The molecular weight excluding hydrogens is 145 g/mol. The molecule has 1 aromatic rings. The molecule has 0 fully saturated rings. The van der Waals surface area contributed by atoms with Gasteiger partial charge in [0.1, 0.15) is 12.4 Å². The largest absolute Gasteiger partial charge is 0.391 e. The summed E-state index contributed by atoms with van der Waals surface area (Å²) in [5.41, 5.74) is 0.834. The minimum Gasteiger partial charge on any atom is -0.391 e. The van der Waals surface area contributed by atoms with Crippen molar-refractivity contribution in [2.45, 2.75) is 6.61 Å². The van der Waals surface area contributed by atoms with Gasteiger partial charge in [-0.2, -0.15) is 0 Å². The van der Waals surface area contributed by atoms with Gasteiger partial charge in [-0.3, -0.25) is 0 Å². The second-order valence-corrected chi connectivity index (χ2v) is 2.01. The molecule has 0 saturated carbocycles. The fraction of sp³-hybridized carbons (Fsp3) is 0.125. The molecule has 0 atom stereocenters. The predicted molar refractivity (Wildman–Crippen MR) is 39.7 cm³/mol. The maximum absolute atomic E-state index is 12.3. The van der Waals surface area contributed by atoms with Crippen LogP contribution in [0.15, 0.2) is 29.4 Å². The standard InChI is InChI=1S/C8H7FNO/c1-10-11-6-7-2-4-8(9)5-3-7/h1-5H,6H2. The normalized spacial score (nSPS) is 9.18. The first kappa shape index (κ1) is 7.72. The Hall–Kier alpha value is -1.38. The highest BCUT2D eigenvalue weighted by atomic mass is 19.1. The van der Waals surface area contributed by atoms with E-state index in [0.717, 1.165) is 5.56 Å². The zero-order valence-corrected chi connectivity index (χ0v) is 5.83. The minimum atomic E-state index is -0.265. The van der Waals surface area contributed by atoms with Crippen LogP contribution >= 0.6 is 0 Å². The van der Waals surface area contributed by atoms with E-state index in [1.165, 1.54) is 12.1 Å². The summed E-state index contributed by atoms with van der Waals surface area (Å²) in [4.78, 5) is 4.54. The second-order valence-electron chi connectivity index (χ2n) is 2.01. The van der Waals surface area contributed by atoms with E-state index in [4.69, 9.17) is 6.72 Å². The fourth-order valence-corrected chi connectivity index (χ4v) is 0.692. The van der Waals surface area contributed by atoms with Crippen molar-refractivity contribution in [3.8, 4) is 0 Å². The Kier molecular flexibility index (Phi) is 2.60. The van der Waals surface area contributed by atoms with Gasteiger partial charge in [0.15, 0.2) is 0 Å². The van der Waals surface area contributed by atoms with E-state index in [0.29, 0.717) is 0 Å². The predicted octanol–water partition coefficient (Wildman–Crippen LogP) is 1.83. The average molecular weight is 152 g/mol. The first-order valence-electron chi connectivity index (χ1n) is 3.09. The van der Waals surface area contributed by atoms with Crippen LogP contribution in [-0.4, -0.2) is 6.72 Å². The molecule has 2 nitrogen and oxygen atoms in total. The summed E-state index contributed by atoms with van der Waals surface area (Å²) in [5, 5.41) is 2.96. The van der Waals surface area contributed by atoms with E-state index >= 15 is 0 Å². The highest BCUT2D eigenvalue weighted by molar-refractivity contribution is 5.21. The Morgan fingerprint density at radius 3 is 2.55 bits per heavy atom. The summed E-state index contributed by atoms with van der Waals surface area (Å²) in [5.74, 6) is -0.265. The minimum absolute atomic E-state index is 0.265. The first-order chi connectivity index (χ1) is 5.33. The van der Waals surface area contributed by atoms with Crippen molar-refractivity contribution in [2.75, 3.05) is 0 Å². The van der Waals surface area contributed by atoms with Crippen molar-refractivity contribution in [1.82, 2.24) is 0 Å². The number of benzene rings is 1. The van der Waals surface area contributed by atoms with E-state index in [1.807, 2.05) is 0 Å². The lowest BCUT2D eigenvalue weighted by atomic mass is 10.2. The number of rotatable bonds is 3. The number of hydrogen-bond acceptors (Lipinski definition) is 2. The molecule has 0 aliphatic heterocycles. The lowest BCUT2D eigenvalue weighted by molar-refractivity contribution is 0.133. The lowest BCUT2D eigenvalue weighted by Gasteiger charge is -1.97. The van der Waals surface area contributed by atoms with Crippen LogP contribution in [0.25, 0.3) is 0 Å². The Bertz CT molecular complexity index is 232. The van der Waals surface area contributed by atoms with Gasteiger partial charge in [-0.25, -0.2) is 4.39 Å². The van der Waals surface area contributed by atoms with E-state index in [-0.39, 0.29) is 12.4 Å². The van der Waals surface area contributed by atoms with Crippen LogP contribution in [0.1, 0.15) is 5.56 Å². The molecule has 0 spiro atoms. The third-order valence-electron chi connectivity index (χ3n) is 1.22. The molecule has 1 rings (SSSR count). The summed E-state index contributed by atoms with van der Waals surface area (Å²) >= 11 is 0. The molecule has 0 amide bonds. The quantitative estimate of drug-likeness (QED) is 0.478. The van der Waals surface area contributed by atoms with Crippen LogP contribution in [0.4, 0.5) is 4.39 Å². The zero-order valence-electron chi connectivity index (χ0n) is 5.83. The zero-order chi connectivity index (χ0) is 8.10. The van der Waals surface area contributed by atoms with Gasteiger partial charge in [0.2, 0.25) is 0 Å². The molecule has 1 radical (unpaired) electrons. The van der Waals surface area contributed by atoms with Gasteiger partial charge >= 0.3 is 0 Å². The molecule has 0 bridgehead atoms. The highest BCUT2D eigenvalue weighted by Crippen LogP contribution is 2.03. The van der Waals surface area contributed by atoms with Crippen LogP contribution in [0.2, 0.25) is 0 Å². The maximum atomic E-state index is 12.3. The molecule has 0 unspecified atom stereocenters. The van der Waals surface area contributed by atoms with E-state index in [9.17, 15) is 4.39 Å². The van der Waals surface area contributed by atoms with E-state index in [1.54, 1.807) is 12.1 Å². The molecule has 57 valence electrons. The lowest BCUT2D eigenvalue weighted by Crippen LogP contribution is -1.85. The number of halogens is 1. The summed E-state index contributed by atoms with van der Waals surface area (Å²) in [6.45, 7) is 5.01. The Morgan fingerprint density at radius 1 is 1.36 bits per heavy atom. The van der Waals surface area contributed by atoms with E-state index in [2.05, 4.69) is 9.99 Å². The van der Waals surface area contributed by atoms with Crippen molar-refractivity contribution in [1.29, 1.82) is 0 Å². The molecule has 0 heterocycles. The first-order valence-corrected chi connectivity index (χ1v) is 3.09. The number of hydrogen-bond donors (Lipinski definition) is 0. The van der Waals surface area contributed by atoms with Gasteiger partial charge in [0.05, 0.1) is 6.72 Å². The monoisotopic (exact) mass is 152 g/mol. The molecule has 0 N–H and O–H groups in total. The molecular formula is C8H7FNO. The van der Waals surface area contributed by atoms with Crippen molar-refractivity contribution in [2.24, 2.45) is 5.16 Å². The van der Waals surface area contributed by atoms with Crippen LogP contribution in [-0.2, 0) is 11.4 Å². The van der Waals surface area contributed by atoms with Crippen molar-refractivity contribution in [3.05, 3.63) is 35.6 Å². The van der Waals surface area contributed by atoms with Gasteiger partial charge in [-0.15, -0.1) is 0 Å². The van der Waals surface area contributed by atoms with Gasteiger partial charge in [0, 0.05) is 0 Å². The second kappa shape index (κ2) is 3.71. The van der Waals surface area contributed by atoms with Gasteiger partial charge in [-0.1, -0.05) is 17.3 Å². The molecule has 1 aromatic carbocycles. The third-order valence-corrected chi connectivity index (χ3v) is 1.22. The Balaban J connectivity index is 2.58. The number of nitrogens with zero attached hydrogens (tertiary/aromatic N) is 1. The van der Waals surface area contributed by atoms with Crippen molar-refractivity contribution >= 4 is 6.72 Å². The fourth-order valence-electron chi connectivity index (χ4n) is 0.692. The topological polar surface area (TPSA) is 21.6 Å².